The van der Waals surface area contributed by atoms with Crippen molar-refractivity contribution < 1.29 is 14.3 Å². The Hall–Kier alpha value is -0.980. The van der Waals surface area contributed by atoms with Crippen molar-refractivity contribution in [3.8, 4) is 0 Å². The Bertz CT molecular complexity index is 431. The highest BCUT2D eigenvalue weighted by molar-refractivity contribution is 7.17. The number of aromatic nitrogens is 1. The number of ether oxygens (including phenoxy) is 2. The molecular weight excluding hydrogens is 252 g/mol. The van der Waals surface area contributed by atoms with Gasteiger partial charge in [0, 0.05) is 20.2 Å². The third kappa shape index (κ3) is 2.88. The first-order valence-corrected chi connectivity index (χ1v) is 6.70. The van der Waals surface area contributed by atoms with E-state index in [1.54, 1.807) is 7.11 Å². The van der Waals surface area contributed by atoms with Crippen LogP contribution in [0.25, 0.3) is 0 Å². The summed E-state index contributed by atoms with van der Waals surface area (Å²) >= 11 is 1.42. The van der Waals surface area contributed by atoms with Crippen LogP contribution in [0.5, 0.6) is 0 Å². The predicted molar refractivity (Wildman–Crippen MR) is 70.5 cm³/mol. The fraction of sp³-hybridized carbons (Fsp3) is 0.667. The third-order valence-electron chi connectivity index (χ3n) is 2.80. The summed E-state index contributed by atoms with van der Waals surface area (Å²) in [6, 6.07) is 0. The van der Waals surface area contributed by atoms with E-state index in [1.165, 1.54) is 11.3 Å². The first kappa shape index (κ1) is 13.5. The summed E-state index contributed by atoms with van der Waals surface area (Å²) < 4.78 is 10.7. The van der Waals surface area contributed by atoms with Crippen LogP contribution in [0.4, 0.5) is 5.13 Å². The van der Waals surface area contributed by atoms with Crippen LogP contribution in [-0.2, 0) is 16.1 Å². The van der Waals surface area contributed by atoms with E-state index in [2.05, 4.69) is 23.7 Å². The van der Waals surface area contributed by atoms with Gasteiger partial charge in [-0.3, -0.25) is 4.79 Å². The van der Waals surface area contributed by atoms with Crippen molar-refractivity contribution in [3.05, 3.63) is 10.6 Å². The molecule has 18 heavy (non-hydrogen) atoms. The summed E-state index contributed by atoms with van der Waals surface area (Å²) in [6.07, 6.45) is 0.848. The van der Waals surface area contributed by atoms with Crippen LogP contribution in [0.1, 0.15) is 29.2 Å². The molecule has 0 saturated carbocycles. The number of hydrogen-bond acceptors (Lipinski definition) is 6. The van der Waals surface area contributed by atoms with E-state index < -0.39 is 0 Å². The molecule has 1 fully saturated rings. The molecule has 6 heteroatoms. The number of thiazole rings is 1. The predicted octanol–water partition coefficient (Wildman–Crippen LogP) is 1.72. The zero-order valence-corrected chi connectivity index (χ0v) is 11.7. The Labute approximate surface area is 111 Å². The number of nitrogens with zero attached hydrogens (tertiary/aromatic N) is 2. The van der Waals surface area contributed by atoms with Crippen molar-refractivity contribution in [3.63, 3.8) is 0 Å². The van der Waals surface area contributed by atoms with Crippen molar-refractivity contribution in [2.75, 3.05) is 31.7 Å². The van der Waals surface area contributed by atoms with Crippen molar-refractivity contribution >= 4 is 22.8 Å². The highest BCUT2D eigenvalue weighted by Crippen LogP contribution is 2.29. The molecular formula is C12H18N2O3S. The van der Waals surface area contributed by atoms with Crippen molar-refractivity contribution in [2.24, 2.45) is 0 Å². The molecule has 0 aliphatic carbocycles. The zero-order chi connectivity index (χ0) is 13.2. The monoisotopic (exact) mass is 270 g/mol. The number of carbonyl (C=O) groups excluding carboxylic acids is 1. The lowest BCUT2D eigenvalue weighted by Crippen LogP contribution is -2.48. The Kier molecular flexibility index (Phi) is 3.99. The highest BCUT2D eigenvalue weighted by atomic mass is 32.1. The van der Waals surface area contributed by atoms with Crippen LogP contribution < -0.4 is 4.90 Å². The fourth-order valence-electron chi connectivity index (χ4n) is 2.00. The lowest BCUT2D eigenvalue weighted by Gasteiger charge is -2.37. The van der Waals surface area contributed by atoms with Crippen molar-refractivity contribution in [1.29, 1.82) is 0 Å². The Morgan fingerprint density at radius 3 is 3.00 bits per heavy atom. The molecule has 2 heterocycles. The van der Waals surface area contributed by atoms with Crippen LogP contribution in [0, 0.1) is 0 Å². The Morgan fingerprint density at radius 2 is 2.39 bits per heavy atom. The number of methoxy groups -OCH3 is 1. The highest BCUT2D eigenvalue weighted by Gasteiger charge is 2.29. The van der Waals surface area contributed by atoms with E-state index in [4.69, 9.17) is 9.47 Å². The normalized spacial score (nSPS) is 18.9. The number of carbonyl (C=O) groups is 1. The second-order valence-electron chi connectivity index (χ2n) is 4.89. The minimum atomic E-state index is -0.174. The maximum atomic E-state index is 11.0. The van der Waals surface area contributed by atoms with E-state index in [0.29, 0.717) is 18.1 Å². The number of hydrogen-bond donors (Lipinski definition) is 0. The topological polar surface area (TPSA) is 51.7 Å². The van der Waals surface area contributed by atoms with Gasteiger partial charge in [0.25, 0.3) is 0 Å². The minimum absolute atomic E-state index is 0.174. The summed E-state index contributed by atoms with van der Waals surface area (Å²) in [6.45, 7) is 6.76. The van der Waals surface area contributed by atoms with Gasteiger partial charge >= 0.3 is 0 Å². The zero-order valence-electron chi connectivity index (χ0n) is 10.9. The summed E-state index contributed by atoms with van der Waals surface area (Å²) in [5.41, 5.74) is 0.545. The minimum Gasteiger partial charge on any atom is -0.378 e. The molecule has 0 aromatic carbocycles. The summed E-state index contributed by atoms with van der Waals surface area (Å²) in [5, 5.41) is 0.875. The second kappa shape index (κ2) is 5.34. The van der Waals surface area contributed by atoms with Crippen molar-refractivity contribution in [1.82, 2.24) is 4.98 Å². The van der Waals surface area contributed by atoms with Gasteiger partial charge in [-0.15, -0.1) is 0 Å². The molecule has 0 radical (unpaired) electrons. The lowest BCUT2D eigenvalue weighted by molar-refractivity contribution is -0.0277. The molecule has 0 spiro atoms. The first-order chi connectivity index (χ1) is 8.55. The van der Waals surface area contributed by atoms with E-state index in [1.807, 2.05) is 0 Å². The lowest BCUT2D eigenvalue weighted by atomic mass is 10.1. The summed E-state index contributed by atoms with van der Waals surface area (Å²) in [4.78, 5) is 18.3. The third-order valence-corrected chi connectivity index (χ3v) is 3.88. The Balaban J connectivity index is 2.20. The molecule has 5 nitrogen and oxygen atoms in total. The molecule has 1 aromatic rings. The van der Waals surface area contributed by atoms with Gasteiger partial charge in [-0.05, 0) is 13.8 Å². The SMILES string of the molecule is COCc1nc(N2CCOC(C)(C)C2)sc1C=O. The first-order valence-electron chi connectivity index (χ1n) is 5.88. The Morgan fingerprint density at radius 1 is 1.61 bits per heavy atom. The fourth-order valence-corrected chi connectivity index (χ4v) is 2.91. The van der Waals surface area contributed by atoms with E-state index in [-0.39, 0.29) is 5.60 Å². The molecule has 1 saturated heterocycles. The van der Waals surface area contributed by atoms with Gasteiger partial charge in [0.05, 0.1) is 29.4 Å². The average molecular weight is 270 g/mol. The molecule has 1 aromatic heterocycles. The number of rotatable bonds is 4. The molecule has 100 valence electrons. The van der Waals surface area contributed by atoms with Gasteiger partial charge in [0.1, 0.15) is 0 Å². The standard InChI is InChI=1S/C12H18N2O3S/c1-12(2)8-14(4-5-17-12)11-13-9(7-16-3)10(6-15)18-11/h6H,4-5,7-8H2,1-3H3. The molecule has 0 amide bonds. The quantitative estimate of drug-likeness (QED) is 0.780. The number of morpholine rings is 1. The molecule has 0 unspecified atom stereocenters. The van der Waals surface area contributed by atoms with Gasteiger partial charge in [-0.25, -0.2) is 4.98 Å². The largest absolute Gasteiger partial charge is 0.378 e. The number of aldehydes is 1. The molecule has 0 bridgehead atoms. The van der Waals surface area contributed by atoms with Crippen LogP contribution in [0.2, 0.25) is 0 Å². The van der Waals surface area contributed by atoms with Crippen LogP contribution >= 0.6 is 11.3 Å². The second-order valence-corrected chi connectivity index (χ2v) is 5.90. The summed E-state index contributed by atoms with van der Waals surface area (Å²) in [5.74, 6) is 0. The van der Waals surface area contributed by atoms with Crippen LogP contribution in [0.15, 0.2) is 0 Å². The van der Waals surface area contributed by atoms with Crippen LogP contribution in [-0.4, -0.2) is 43.7 Å². The van der Waals surface area contributed by atoms with Crippen LogP contribution in [0.3, 0.4) is 0 Å². The molecule has 0 N–H and O–H groups in total. The summed E-state index contributed by atoms with van der Waals surface area (Å²) in [7, 11) is 1.60. The molecule has 2 rings (SSSR count). The van der Waals surface area contributed by atoms with E-state index in [9.17, 15) is 4.79 Å². The van der Waals surface area contributed by atoms with Gasteiger partial charge in [0.15, 0.2) is 11.4 Å². The average Bonchev–Trinajstić information content (AvgIpc) is 2.71. The smallest absolute Gasteiger partial charge is 0.186 e. The van der Waals surface area contributed by atoms with E-state index >= 15 is 0 Å². The maximum absolute atomic E-state index is 11.0. The number of anilines is 1. The van der Waals surface area contributed by atoms with Gasteiger partial charge in [-0.2, -0.15) is 0 Å². The molecule has 0 atom stereocenters. The molecule has 1 aliphatic rings. The van der Waals surface area contributed by atoms with E-state index in [0.717, 1.165) is 30.2 Å². The molecule has 1 aliphatic heterocycles. The van der Waals surface area contributed by atoms with Gasteiger partial charge in [-0.1, -0.05) is 11.3 Å². The maximum Gasteiger partial charge on any atom is 0.186 e. The van der Waals surface area contributed by atoms with Crippen molar-refractivity contribution in [2.45, 2.75) is 26.1 Å². The van der Waals surface area contributed by atoms with Gasteiger partial charge in [0.2, 0.25) is 0 Å². The van der Waals surface area contributed by atoms with Gasteiger partial charge < -0.3 is 14.4 Å².